The van der Waals surface area contributed by atoms with Crippen molar-refractivity contribution in [1.82, 2.24) is 19.6 Å². The molecule has 5 aliphatic rings. The predicted molar refractivity (Wildman–Crippen MR) is 171 cm³/mol. The second-order valence-electron chi connectivity index (χ2n) is 13.8. The van der Waals surface area contributed by atoms with Gasteiger partial charge in [-0.15, -0.1) is 0 Å². The number of hydrogen-bond acceptors (Lipinski definition) is 7. The first-order valence-electron chi connectivity index (χ1n) is 15.9. The molecule has 3 aliphatic heterocycles. The van der Waals surface area contributed by atoms with E-state index in [1.165, 1.54) is 18.7 Å². The molecule has 0 atom stereocenters. The number of amides is 1. The second kappa shape index (κ2) is 10.6. The van der Waals surface area contributed by atoms with Crippen LogP contribution in [0.3, 0.4) is 0 Å². The molecule has 1 aromatic carbocycles. The number of likely N-dealkylation sites (tertiary alicyclic amines) is 1. The molecule has 2 aliphatic carbocycles. The van der Waals surface area contributed by atoms with Gasteiger partial charge in [-0.2, -0.15) is 5.10 Å². The number of halogens is 1. The maximum atomic E-state index is 12.1. The minimum absolute atomic E-state index is 0.0189. The zero-order chi connectivity index (χ0) is 30.1. The van der Waals surface area contributed by atoms with E-state index in [1.807, 2.05) is 17.9 Å². The van der Waals surface area contributed by atoms with E-state index in [9.17, 15) is 4.79 Å². The Bertz CT molecular complexity index is 1460. The van der Waals surface area contributed by atoms with Crippen molar-refractivity contribution >= 4 is 35.2 Å². The van der Waals surface area contributed by atoms with Gasteiger partial charge in [-0.05, 0) is 76.5 Å². The van der Waals surface area contributed by atoms with Crippen molar-refractivity contribution in [2.75, 3.05) is 56.6 Å². The quantitative estimate of drug-likeness (QED) is 0.274. The number of nitrogens with one attached hydrogen (secondary N) is 1. The number of nitrogens with zero attached hydrogens (tertiary/aromatic N) is 5. The number of carbonyl (C=O) groups is 1. The highest BCUT2D eigenvalue weighted by Crippen LogP contribution is 2.56. The van der Waals surface area contributed by atoms with Gasteiger partial charge in [0.2, 0.25) is 5.91 Å². The fourth-order valence-corrected chi connectivity index (χ4v) is 8.96. The Morgan fingerprint density at radius 1 is 1.14 bits per heavy atom. The first-order chi connectivity index (χ1) is 20.7. The number of benzene rings is 1. The molecule has 2 spiro atoms. The standard InChI is InChI=1S/C33H44ClN7O2/c1-4-27(42)39-18-32(19-39)15-24(16-32)41-22(3)28(29-25(17-35)26(36)14-21(2)30(29)34)31(37-41)40-11-10-38(20-33(40)8-5-9-33)23-6-12-43-13-7-23/h4,14,17,23-24,35H,1,5-13,15-16,18-20,36H2,2-3H3. The van der Waals surface area contributed by atoms with Crippen LogP contribution in [0.4, 0.5) is 11.5 Å². The Balaban J connectivity index is 1.27. The summed E-state index contributed by atoms with van der Waals surface area (Å²) in [6, 6.07) is 2.72. The first kappa shape index (κ1) is 28.9. The van der Waals surface area contributed by atoms with Crippen LogP contribution in [-0.4, -0.2) is 89.2 Å². The molecule has 1 aromatic heterocycles. The van der Waals surface area contributed by atoms with Crippen LogP contribution in [0, 0.1) is 24.7 Å². The van der Waals surface area contributed by atoms with Gasteiger partial charge in [0.25, 0.3) is 0 Å². The van der Waals surface area contributed by atoms with Gasteiger partial charge in [0.05, 0.1) is 16.6 Å². The van der Waals surface area contributed by atoms with E-state index in [4.69, 9.17) is 32.6 Å². The predicted octanol–water partition coefficient (Wildman–Crippen LogP) is 4.97. The van der Waals surface area contributed by atoms with Gasteiger partial charge in [0.1, 0.15) is 0 Å². The molecule has 3 saturated heterocycles. The molecular weight excluding hydrogens is 562 g/mol. The van der Waals surface area contributed by atoms with E-state index in [0.717, 1.165) is 113 Å². The molecule has 5 fully saturated rings. The number of nitrogens with two attached hydrogens (primary N) is 1. The van der Waals surface area contributed by atoms with E-state index in [2.05, 4.69) is 28.0 Å². The maximum Gasteiger partial charge on any atom is 0.245 e. The van der Waals surface area contributed by atoms with Crippen LogP contribution in [0.2, 0.25) is 5.02 Å². The third-order valence-electron chi connectivity index (χ3n) is 11.2. The zero-order valence-corrected chi connectivity index (χ0v) is 26.3. The molecule has 0 radical (unpaired) electrons. The first-order valence-corrected chi connectivity index (χ1v) is 16.3. The van der Waals surface area contributed by atoms with Gasteiger partial charge in [0, 0.05) is 91.7 Å². The van der Waals surface area contributed by atoms with Gasteiger partial charge in [-0.3, -0.25) is 14.4 Å². The number of ether oxygens (including phenoxy) is 1. The number of nitrogen functional groups attached to an aromatic ring is 1. The lowest BCUT2D eigenvalue weighted by molar-refractivity contribution is -0.149. The van der Waals surface area contributed by atoms with Crippen molar-refractivity contribution in [3.05, 3.63) is 40.6 Å². The van der Waals surface area contributed by atoms with Crippen LogP contribution in [0.5, 0.6) is 0 Å². The molecule has 0 unspecified atom stereocenters. The van der Waals surface area contributed by atoms with Gasteiger partial charge in [0.15, 0.2) is 5.82 Å². The summed E-state index contributed by atoms with van der Waals surface area (Å²) in [6.07, 6.45) is 10.5. The average molecular weight is 606 g/mol. The summed E-state index contributed by atoms with van der Waals surface area (Å²) in [6.45, 7) is 14.0. The Labute approximate surface area is 259 Å². The number of rotatable bonds is 6. The topological polar surface area (TPSA) is 104 Å². The van der Waals surface area contributed by atoms with Crippen molar-refractivity contribution < 1.29 is 9.53 Å². The van der Waals surface area contributed by atoms with Gasteiger partial charge in [-0.1, -0.05) is 18.2 Å². The monoisotopic (exact) mass is 605 g/mol. The summed E-state index contributed by atoms with van der Waals surface area (Å²) in [5.41, 5.74) is 11.8. The number of hydrogen-bond donors (Lipinski definition) is 2. The average Bonchev–Trinajstić information content (AvgIpc) is 3.28. The van der Waals surface area contributed by atoms with E-state index in [-0.39, 0.29) is 22.9 Å². The number of aryl methyl sites for hydroxylation is 1. The van der Waals surface area contributed by atoms with E-state index in [1.54, 1.807) is 0 Å². The van der Waals surface area contributed by atoms with Crippen molar-refractivity contribution in [2.24, 2.45) is 5.41 Å². The highest BCUT2D eigenvalue weighted by molar-refractivity contribution is 6.35. The third-order valence-corrected chi connectivity index (χ3v) is 11.7. The van der Waals surface area contributed by atoms with Gasteiger partial charge >= 0.3 is 0 Å². The largest absolute Gasteiger partial charge is 0.398 e. The van der Waals surface area contributed by atoms with Crippen LogP contribution in [0.15, 0.2) is 18.7 Å². The lowest BCUT2D eigenvalue weighted by Gasteiger charge is -2.59. The van der Waals surface area contributed by atoms with Crippen LogP contribution >= 0.6 is 11.6 Å². The van der Waals surface area contributed by atoms with Crippen LogP contribution in [-0.2, 0) is 9.53 Å². The molecule has 1 amide bonds. The molecule has 4 heterocycles. The maximum absolute atomic E-state index is 12.1. The number of aromatic nitrogens is 2. The second-order valence-corrected chi connectivity index (χ2v) is 14.1. The smallest absolute Gasteiger partial charge is 0.245 e. The van der Waals surface area contributed by atoms with Gasteiger partial charge in [-0.25, -0.2) is 0 Å². The Hall–Kier alpha value is -2.88. The normalized spacial score (nSPS) is 23.6. The summed E-state index contributed by atoms with van der Waals surface area (Å²) in [7, 11) is 0. The number of anilines is 2. The Morgan fingerprint density at radius 2 is 1.86 bits per heavy atom. The summed E-state index contributed by atoms with van der Waals surface area (Å²) < 4.78 is 7.91. The zero-order valence-electron chi connectivity index (χ0n) is 25.5. The molecule has 3 N–H and O–H groups in total. The molecule has 10 heteroatoms. The van der Waals surface area contributed by atoms with Crippen molar-refractivity contribution in [2.45, 2.75) is 76.4 Å². The third kappa shape index (κ3) is 4.53. The molecule has 43 heavy (non-hydrogen) atoms. The highest BCUT2D eigenvalue weighted by atomic mass is 35.5. The SMILES string of the molecule is C=CC(=O)N1CC2(CC(n3nc(N4CCN(C5CCOCC5)CC45CCC5)c(-c4c(Cl)c(C)cc(N)c4C=N)c3C)C2)C1. The summed E-state index contributed by atoms with van der Waals surface area (Å²) in [4.78, 5) is 19.3. The number of piperazine rings is 1. The molecular formula is C33H44ClN7O2. The Morgan fingerprint density at radius 3 is 2.49 bits per heavy atom. The molecule has 230 valence electrons. The van der Waals surface area contributed by atoms with E-state index in [0.29, 0.717) is 22.3 Å². The summed E-state index contributed by atoms with van der Waals surface area (Å²) >= 11 is 7.10. The molecule has 2 aromatic rings. The molecule has 7 rings (SSSR count). The minimum Gasteiger partial charge on any atom is -0.398 e. The van der Waals surface area contributed by atoms with Crippen LogP contribution < -0.4 is 10.6 Å². The van der Waals surface area contributed by atoms with Crippen LogP contribution in [0.1, 0.15) is 67.8 Å². The Kier molecular flexibility index (Phi) is 7.14. The summed E-state index contributed by atoms with van der Waals surface area (Å²) in [5, 5.41) is 14.4. The van der Waals surface area contributed by atoms with Crippen molar-refractivity contribution in [1.29, 1.82) is 5.41 Å². The molecule has 2 saturated carbocycles. The fraction of sp³-hybridized carbons (Fsp3) is 0.606. The van der Waals surface area contributed by atoms with E-state index < -0.39 is 0 Å². The minimum atomic E-state index is 0.0189. The lowest BCUT2D eigenvalue weighted by Crippen LogP contribution is -2.67. The summed E-state index contributed by atoms with van der Waals surface area (Å²) in [5.74, 6) is 1.00. The van der Waals surface area contributed by atoms with Crippen LogP contribution in [0.25, 0.3) is 11.1 Å². The van der Waals surface area contributed by atoms with Crippen molar-refractivity contribution in [3.63, 3.8) is 0 Å². The molecule has 9 nitrogen and oxygen atoms in total. The lowest BCUT2D eigenvalue weighted by atomic mass is 9.60. The van der Waals surface area contributed by atoms with Gasteiger partial charge < -0.3 is 25.7 Å². The van der Waals surface area contributed by atoms with Crippen molar-refractivity contribution in [3.8, 4) is 11.1 Å². The highest BCUT2D eigenvalue weighted by Gasteiger charge is 2.55. The van der Waals surface area contributed by atoms with E-state index >= 15 is 0 Å². The molecule has 0 bridgehead atoms. The fourth-order valence-electron chi connectivity index (χ4n) is 8.71. The number of carbonyl (C=O) groups excluding carboxylic acids is 1.